The van der Waals surface area contributed by atoms with Crippen LogP contribution in [0.1, 0.15) is 45.7 Å². The van der Waals surface area contributed by atoms with Crippen molar-refractivity contribution in [1.82, 2.24) is 9.97 Å². The van der Waals surface area contributed by atoms with Gasteiger partial charge in [0.05, 0.1) is 9.26 Å². The van der Waals surface area contributed by atoms with E-state index in [1.165, 1.54) is 22.1 Å². The van der Waals surface area contributed by atoms with Gasteiger partial charge in [0.2, 0.25) is 5.95 Å². The van der Waals surface area contributed by atoms with E-state index in [-0.39, 0.29) is 0 Å². The van der Waals surface area contributed by atoms with Crippen molar-refractivity contribution in [3.05, 3.63) is 9.26 Å². The summed E-state index contributed by atoms with van der Waals surface area (Å²) in [5.74, 6) is 2.54. The number of halogens is 1. The molecular weight excluding hydrogens is 363 g/mol. The molecule has 2 rings (SSSR count). The minimum atomic E-state index is 0.615. The number of rotatable bonds is 6. The lowest BCUT2D eigenvalue weighted by atomic mass is 10.1. The number of nitrogens with zero attached hydrogens (tertiary/aromatic N) is 3. The third-order valence-electron chi connectivity index (χ3n) is 3.44. The fraction of sp³-hybridized carbons (Fsp3) is 0.733. The normalized spacial score (nSPS) is 15.2. The summed E-state index contributed by atoms with van der Waals surface area (Å²) in [6.07, 6.45) is 4.64. The Morgan fingerprint density at radius 2 is 1.95 bits per heavy atom. The van der Waals surface area contributed by atoms with Gasteiger partial charge in [0.15, 0.2) is 0 Å². The molecule has 1 fully saturated rings. The molecule has 1 N–H and O–H groups in total. The lowest BCUT2D eigenvalue weighted by Gasteiger charge is -2.19. The average Bonchev–Trinajstić information content (AvgIpc) is 2.93. The molecule has 112 valence electrons. The van der Waals surface area contributed by atoms with Crippen molar-refractivity contribution in [1.29, 1.82) is 0 Å². The summed E-state index contributed by atoms with van der Waals surface area (Å²) in [5, 5.41) is 3.45. The fourth-order valence-electron chi connectivity index (χ4n) is 2.42. The van der Waals surface area contributed by atoms with Crippen molar-refractivity contribution in [3.63, 3.8) is 0 Å². The summed E-state index contributed by atoms with van der Waals surface area (Å²) in [6.45, 7) is 9.81. The minimum absolute atomic E-state index is 0.615. The molecule has 1 saturated heterocycles. The fourth-order valence-corrected chi connectivity index (χ4v) is 3.07. The monoisotopic (exact) mass is 388 g/mol. The Kier molecular flexibility index (Phi) is 5.86. The molecule has 1 aromatic heterocycles. The van der Waals surface area contributed by atoms with E-state index in [1.54, 1.807) is 0 Å². The molecular formula is C15H25IN4. The van der Waals surface area contributed by atoms with Gasteiger partial charge in [-0.15, -0.1) is 0 Å². The summed E-state index contributed by atoms with van der Waals surface area (Å²) in [5.41, 5.74) is 1.19. The van der Waals surface area contributed by atoms with Crippen molar-refractivity contribution in [3.8, 4) is 0 Å². The first kappa shape index (κ1) is 15.8. The van der Waals surface area contributed by atoms with E-state index in [0.717, 1.165) is 44.2 Å². The average molecular weight is 388 g/mol. The highest BCUT2D eigenvalue weighted by Gasteiger charge is 2.19. The van der Waals surface area contributed by atoms with Crippen LogP contribution in [0.2, 0.25) is 0 Å². The van der Waals surface area contributed by atoms with Gasteiger partial charge < -0.3 is 10.2 Å². The van der Waals surface area contributed by atoms with Gasteiger partial charge in [-0.05, 0) is 54.2 Å². The summed E-state index contributed by atoms with van der Waals surface area (Å²) in [7, 11) is 0. The number of hydrogen-bond acceptors (Lipinski definition) is 4. The van der Waals surface area contributed by atoms with E-state index >= 15 is 0 Å². The van der Waals surface area contributed by atoms with Gasteiger partial charge in [0, 0.05) is 19.6 Å². The van der Waals surface area contributed by atoms with Gasteiger partial charge in [-0.3, -0.25) is 0 Å². The van der Waals surface area contributed by atoms with Crippen LogP contribution in [0.3, 0.4) is 0 Å². The third kappa shape index (κ3) is 3.96. The van der Waals surface area contributed by atoms with E-state index in [4.69, 9.17) is 9.97 Å². The van der Waals surface area contributed by atoms with Gasteiger partial charge in [0.1, 0.15) is 5.82 Å². The molecule has 1 aliphatic heterocycles. The summed E-state index contributed by atoms with van der Waals surface area (Å²) in [4.78, 5) is 11.9. The van der Waals surface area contributed by atoms with Gasteiger partial charge >= 0.3 is 0 Å². The van der Waals surface area contributed by atoms with E-state index < -0.39 is 0 Å². The second kappa shape index (κ2) is 7.43. The molecule has 0 atom stereocenters. The highest BCUT2D eigenvalue weighted by Crippen LogP contribution is 2.26. The molecule has 2 heterocycles. The van der Waals surface area contributed by atoms with Crippen LogP contribution in [-0.2, 0) is 6.42 Å². The molecule has 1 aliphatic rings. The highest BCUT2D eigenvalue weighted by molar-refractivity contribution is 14.1. The Hall–Kier alpha value is -0.590. The molecule has 0 spiro atoms. The van der Waals surface area contributed by atoms with E-state index in [2.05, 4.69) is 53.6 Å². The molecule has 0 amide bonds. The lowest BCUT2D eigenvalue weighted by molar-refractivity contribution is 0.630. The summed E-state index contributed by atoms with van der Waals surface area (Å²) >= 11 is 2.39. The zero-order chi connectivity index (χ0) is 14.5. The summed E-state index contributed by atoms with van der Waals surface area (Å²) < 4.78 is 1.19. The quantitative estimate of drug-likeness (QED) is 0.755. The first-order valence-corrected chi connectivity index (χ1v) is 8.75. The van der Waals surface area contributed by atoms with Crippen molar-refractivity contribution in [2.75, 3.05) is 29.9 Å². The zero-order valence-corrected chi connectivity index (χ0v) is 14.9. The van der Waals surface area contributed by atoms with Crippen LogP contribution in [0.25, 0.3) is 0 Å². The van der Waals surface area contributed by atoms with Crippen LogP contribution in [0.15, 0.2) is 0 Å². The van der Waals surface area contributed by atoms with Crippen molar-refractivity contribution >= 4 is 34.4 Å². The number of nitrogens with one attached hydrogen (secondary N) is 1. The molecule has 0 aromatic carbocycles. The molecule has 0 radical (unpaired) electrons. The second-order valence-electron chi connectivity index (χ2n) is 5.85. The van der Waals surface area contributed by atoms with Crippen LogP contribution in [-0.4, -0.2) is 29.6 Å². The summed E-state index contributed by atoms with van der Waals surface area (Å²) in [6, 6.07) is 0. The Balaban J connectivity index is 2.30. The molecule has 0 saturated carbocycles. The molecule has 0 aliphatic carbocycles. The first-order valence-electron chi connectivity index (χ1n) is 7.67. The van der Waals surface area contributed by atoms with Crippen LogP contribution in [0.5, 0.6) is 0 Å². The molecule has 0 bridgehead atoms. The van der Waals surface area contributed by atoms with Crippen molar-refractivity contribution < 1.29 is 0 Å². The van der Waals surface area contributed by atoms with E-state index in [9.17, 15) is 0 Å². The molecule has 5 heteroatoms. The SMILES string of the molecule is CCCNc1nc(N2CCCC2)nc(CC(C)C)c1I. The maximum Gasteiger partial charge on any atom is 0.227 e. The predicted octanol–water partition coefficient (Wildman–Crippen LogP) is 3.70. The highest BCUT2D eigenvalue weighted by atomic mass is 127. The standard InChI is InChI=1S/C15H25IN4/c1-4-7-17-14-13(16)12(10-11(2)3)18-15(19-14)20-8-5-6-9-20/h11H,4-10H2,1-3H3,(H,17,18,19). The predicted molar refractivity (Wildman–Crippen MR) is 93.5 cm³/mol. The van der Waals surface area contributed by atoms with Crippen LogP contribution < -0.4 is 10.2 Å². The van der Waals surface area contributed by atoms with Gasteiger partial charge in [-0.2, -0.15) is 4.98 Å². The lowest BCUT2D eigenvalue weighted by Crippen LogP contribution is -2.22. The topological polar surface area (TPSA) is 41.1 Å². The van der Waals surface area contributed by atoms with Crippen molar-refractivity contribution in [2.24, 2.45) is 5.92 Å². The van der Waals surface area contributed by atoms with E-state index in [0.29, 0.717) is 5.92 Å². The molecule has 20 heavy (non-hydrogen) atoms. The van der Waals surface area contributed by atoms with Gasteiger partial charge in [0.25, 0.3) is 0 Å². The number of anilines is 2. The van der Waals surface area contributed by atoms with Crippen LogP contribution >= 0.6 is 22.6 Å². The van der Waals surface area contributed by atoms with Gasteiger partial charge in [-0.1, -0.05) is 20.8 Å². The smallest absolute Gasteiger partial charge is 0.227 e. The largest absolute Gasteiger partial charge is 0.369 e. The third-order valence-corrected chi connectivity index (χ3v) is 4.57. The Bertz CT molecular complexity index is 442. The zero-order valence-electron chi connectivity index (χ0n) is 12.7. The first-order chi connectivity index (χ1) is 9.61. The maximum absolute atomic E-state index is 4.83. The van der Waals surface area contributed by atoms with Crippen LogP contribution in [0.4, 0.5) is 11.8 Å². The van der Waals surface area contributed by atoms with Crippen LogP contribution in [0, 0.1) is 9.49 Å². The van der Waals surface area contributed by atoms with E-state index in [1.807, 2.05) is 0 Å². The molecule has 1 aromatic rings. The molecule has 0 unspecified atom stereocenters. The maximum atomic E-state index is 4.83. The minimum Gasteiger partial charge on any atom is -0.369 e. The van der Waals surface area contributed by atoms with Crippen molar-refractivity contribution in [2.45, 2.75) is 46.5 Å². The Morgan fingerprint density at radius 1 is 1.25 bits per heavy atom. The molecule has 4 nitrogen and oxygen atoms in total. The number of aromatic nitrogens is 2. The Labute approximate surface area is 135 Å². The number of hydrogen-bond donors (Lipinski definition) is 1. The Morgan fingerprint density at radius 3 is 2.55 bits per heavy atom. The van der Waals surface area contributed by atoms with Gasteiger partial charge in [-0.25, -0.2) is 4.98 Å². The second-order valence-corrected chi connectivity index (χ2v) is 6.93.